The molecule has 0 spiro atoms. The largest absolute Gasteiger partial charge is 0.385 e. The maximum atomic E-state index is 12.2. The fourth-order valence-corrected chi connectivity index (χ4v) is 1.94. The van der Waals surface area contributed by atoms with Gasteiger partial charge >= 0.3 is 0 Å². The fourth-order valence-electron chi connectivity index (χ4n) is 1.94. The van der Waals surface area contributed by atoms with Crippen LogP contribution in [0, 0.1) is 11.3 Å². The summed E-state index contributed by atoms with van der Waals surface area (Å²) in [6.07, 6.45) is 4.06. The molecule has 0 saturated carbocycles. The van der Waals surface area contributed by atoms with Crippen LogP contribution in [-0.2, 0) is 4.74 Å². The number of carbonyl (C=O) groups excluding carboxylic acids is 1. The van der Waals surface area contributed by atoms with Crippen LogP contribution < -0.4 is 10.6 Å². The summed E-state index contributed by atoms with van der Waals surface area (Å²) in [6, 6.07) is 10.5. The molecule has 0 unspecified atom stereocenters. The molecule has 2 aromatic rings. The number of carbonyl (C=O) groups is 1. The van der Waals surface area contributed by atoms with Gasteiger partial charge in [-0.15, -0.1) is 0 Å². The zero-order chi connectivity index (χ0) is 16.5. The second-order valence-corrected chi connectivity index (χ2v) is 4.88. The van der Waals surface area contributed by atoms with E-state index in [1.54, 1.807) is 43.6 Å². The topological polar surface area (TPSA) is 87.0 Å². The first-order chi connectivity index (χ1) is 11.2. The maximum absolute atomic E-state index is 12.2. The molecule has 6 nitrogen and oxygen atoms in total. The highest BCUT2D eigenvalue weighted by atomic mass is 16.5. The first-order valence-electron chi connectivity index (χ1n) is 7.22. The van der Waals surface area contributed by atoms with Gasteiger partial charge in [0.2, 0.25) is 0 Å². The quantitative estimate of drug-likeness (QED) is 0.768. The van der Waals surface area contributed by atoms with Crippen LogP contribution in [0.25, 0.3) is 0 Å². The van der Waals surface area contributed by atoms with E-state index >= 15 is 0 Å². The molecule has 0 aliphatic carbocycles. The Morgan fingerprint density at radius 2 is 2.04 bits per heavy atom. The van der Waals surface area contributed by atoms with E-state index in [-0.39, 0.29) is 5.91 Å². The number of nitrogens with zero attached hydrogens (tertiary/aromatic N) is 2. The van der Waals surface area contributed by atoms with Crippen LogP contribution in [0.4, 0.5) is 11.4 Å². The first-order valence-corrected chi connectivity index (χ1v) is 7.22. The Morgan fingerprint density at radius 1 is 1.26 bits per heavy atom. The molecule has 2 rings (SSSR count). The molecule has 118 valence electrons. The van der Waals surface area contributed by atoms with Crippen molar-refractivity contribution in [2.24, 2.45) is 0 Å². The lowest BCUT2D eigenvalue weighted by atomic mass is 10.2. The number of anilines is 2. The number of rotatable bonds is 7. The van der Waals surface area contributed by atoms with Crippen molar-refractivity contribution < 1.29 is 9.53 Å². The minimum atomic E-state index is -0.247. The molecule has 0 saturated heterocycles. The number of hydrogen-bond acceptors (Lipinski definition) is 5. The van der Waals surface area contributed by atoms with E-state index in [0.717, 1.165) is 18.7 Å². The van der Waals surface area contributed by atoms with E-state index in [1.165, 1.54) is 6.20 Å². The van der Waals surface area contributed by atoms with Crippen molar-refractivity contribution in [3.05, 3.63) is 53.9 Å². The number of ether oxygens (including phenoxy) is 1. The van der Waals surface area contributed by atoms with Gasteiger partial charge in [-0.1, -0.05) is 0 Å². The zero-order valence-electron chi connectivity index (χ0n) is 12.9. The summed E-state index contributed by atoms with van der Waals surface area (Å²) in [5, 5.41) is 14.7. The van der Waals surface area contributed by atoms with Crippen molar-refractivity contribution >= 4 is 17.3 Å². The smallest absolute Gasteiger partial charge is 0.257 e. The first kappa shape index (κ1) is 16.5. The summed E-state index contributed by atoms with van der Waals surface area (Å²) in [5.41, 5.74) is 2.43. The van der Waals surface area contributed by atoms with Crippen LogP contribution in [0.3, 0.4) is 0 Å². The third-order valence-electron chi connectivity index (χ3n) is 3.13. The molecule has 0 bridgehead atoms. The van der Waals surface area contributed by atoms with Gasteiger partial charge in [-0.2, -0.15) is 5.26 Å². The number of aromatic nitrogens is 1. The van der Waals surface area contributed by atoms with Gasteiger partial charge in [0.25, 0.3) is 5.91 Å². The zero-order valence-corrected chi connectivity index (χ0v) is 12.9. The molecule has 0 atom stereocenters. The molecule has 1 aromatic carbocycles. The van der Waals surface area contributed by atoms with Crippen molar-refractivity contribution in [1.29, 1.82) is 5.26 Å². The number of amides is 1. The van der Waals surface area contributed by atoms with Crippen LogP contribution in [0.1, 0.15) is 22.3 Å². The molecule has 0 aliphatic rings. The third kappa shape index (κ3) is 5.09. The SMILES string of the molecule is COCCCNc1cncc(C(=O)Nc2ccc(C#N)cc2)c1. The van der Waals surface area contributed by atoms with Gasteiger partial charge in [0.1, 0.15) is 0 Å². The molecule has 6 heteroatoms. The molecule has 0 fully saturated rings. The standard InChI is InChI=1S/C17H18N4O2/c1-23-8-2-7-20-16-9-14(11-19-12-16)17(22)21-15-5-3-13(10-18)4-6-15/h3-6,9,11-12,20H,2,7-8H2,1H3,(H,21,22). The molecule has 0 aliphatic heterocycles. The second kappa shape index (κ2) is 8.51. The van der Waals surface area contributed by atoms with Crippen molar-refractivity contribution in [2.45, 2.75) is 6.42 Å². The number of benzene rings is 1. The molecular weight excluding hydrogens is 292 g/mol. The van der Waals surface area contributed by atoms with E-state index in [4.69, 9.17) is 10.00 Å². The van der Waals surface area contributed by atoms with Crippen molar-refractivity contribution in [1.82, 2.24) is 4.98 Å². The Morgan fingerprint density at radius 3 is 2.74 bits per heavy atom. The van der Waals surface area contributed by atoms with Gasteiger partial charge in [0, 0.05) is 38.3 Å². The highest BCUT2D eigenvalue weighted by Gasteiger charge is 2.07. The van der Waals surface area contributed by atoms with E-state index in [9.17, 15) is 4.79 Å². The van der Waals surface area contributed by atoms with Crippen molar-refractivity contribution in [3.8, 4) is 6.07 Å². The minimum absolute atomic E-state index is 0.247. The predicted molar refractivity (Wildman–Crippen MR) is 88.3 cm³/mol. The Labute approximate surface area is 135 Å². The monoisotopic (exact) mass is 310 g/mol. The highest BCUT2D eigenvalue weighted by molar-refractivity contribution is 6.04. The van der Waals surface area contributed by atoms with Gasteiger partial charge in [-0.05, 0) is 36.8 Å². The molecular formula is C17H18N4O2. The Balaban J connectivity index is 1.97. The molecule has 1 amide bonds. The van der Waals surface area contributed by atoms with Gasteiger partial charge in [-0.25, -0.2) is 0 Å². The van der Waals surface area contributed by atoms with Crippen LogP contribution in [-0.4, -0.2) is 31.2 Å². The third-order valence-corrected chi connectivity index (χ3v) is 3.13. The average molecular weight is 310 g/mol. The molecule has 23 heavy (non-hydrogen) atoms. The van der Waals surface area contributed by atoms with Gasteiger partial charge in [0.05, 0.1) is 22.9 Å². The Kier molecular flexibility index (Phi) is 6.09. The lowest BCUT2D eigenvalue weighted by Crippen LogP contribution is -2.13. The summed E-state index contributed by atoms with van der Waals surface area (Å²) in [4.78, 5) is 16.3. The van der Waals surface area contributed by atoms with Crippen LogP contribution in [0.15, 0.2) is 42.7 Å². The van der Waals surface area contributed by atoms with Gasteiger partial charge in [0.15, 0.2) is 0 Å². The normalized spacial score (nSPS) is 9.91. The predicted octanol–water partition coefficient (Wildman–Crippen LogP) is 2.65. The number of nitriles is 1. The number of methoxy groups -OCH3 is 1. The van der Waals surface area contributed by atoms with Crippen LogP contribution >= 0.6 is 0 Å². The Hall–Kier alpha value is -2.91. The summed E-state index contributed by atoms with van der Waals surface area (Å²) in [7, 11) is 1.66. The number of pyridine rings is 1. The minimum Gasteiger partial charge on any atom is -0.385 e. The maximum Gasteiger partial charge on any atom is 0.257 e. The Bertz CT molecular complexity index is 692. The van der Waals surface area contributed by atoms with E-state index in [2.05, 4.69) is 15.6 Å². The second-order valence-electron chi connectivity index (χ2n) is 4.88. The van der Waals surface area contributed by atoms with Crippen LogP contribution in [0.2, 0.25) is 0 Å². The highest BCUT2D eigenvalue weighted by Crippen LogP contribution is 2.13. The molecule has 2 N–H and O–H groups in total. The summed E-state index contributed by atoms with van der Waals surface area (Å²) in [6.45, 7) is 1.43. The van der Waals surface area contributed by atoms with E-state index in [1.807, 2.05) is 6.07 Å². The summed E-state index contributed by atoms with van der Waals surface area (Å²) in [5.74, 6) is -0.247. The number of nitrogens with one attached hydrogen (secondary N) is 2. The lowest BCUT2D eigenvalue weighted by molar-refractivity contribution is 0.102. The van der Waals surface area contributed by atoms with E-state index < -0.39 is 0 Å². The molecule has 1 heterocycles. The van der Waals surface area contributed by atoms with Crippen molar-refractivity contribution in [3.63, 3.8) is 0 Å². The number of hydrogen-bond donors (Lipinski definition) is 2. The van der Waals surface area contributed by atoms with Gasteiger partial charge in [-0.3, -0.25) is 9.78 Å². The van der Waals surface area contributed by atoms with Crippen LogP contribution in [0.5, 0.6) is 0 Å². The van der Waals surface area contributed by atoms with E-state index in [0.29, 0.717) is 23.4 Å². The van der Waals surface area contributed by atoms with Crippen molar-refractivity contribution in [2.75, 3.05) is 30.9 Å². The molecule has 0 radical (unpaired) electrons. The average Bonchev–Trinajstić information content (AvgIpc) is 2.60. The summed E-state index contributed by atoms with van der Waals surface area (Å²) >= 11 is 0. The summed E-state index contributed by atoms with van der Waals surface area (Å²) < 4.78 is 4.98. The fraction of sp³-hybridized carbons (Fsp3) is 0.235. The van der Waals surface area contributed by atoms with Gasteiger partial charge < -0.3 is 15.4 Å². The molecule has 1 aromatic heterocycles. The lowest BCUT2D eigenvalue weighted by Gasteiger charge is -2.08.